The van der Waals surface area contributed by atoms with Crippen molar-refractivity contribution in [2.45, 2.75) is 6.92 Å². The summed E-state index contributed by atoms with van der Waals surface area (Å²) in [5, 5.41) is 0. The van der Waals surface area contributed by atoms with Crippen LogP contribution < -0.4 is 9.80 Å². The minimum atomic E-state index is -0.809. The number of ether oxygens (including phenoxy) is 2. The van der Waals surface area contributed by atoms with Crippen LogP contribution in [0.1, 0.15) is 26.3 Å². The zero-order valence-corrected chi connectivity index (χ0v) is 18.2. The predicted molar refractivity (Wildman–Crippen MR) is 121 cm³/mol. The fourth-order valence-electron chi connectivity index (χ4n) is 3.85. The number of aryl methyl sites for hydroxylation is 1. The quantitative estimate of drug-likeness (QED) is 0.528. The highest BCUT2D eigenvalue weighted by Gasteiger charge is 2.41. The van der Waals surface area contributed by atoms with Crippen LogP contribution in [0, 0.1) is 6.92 Å². The van der Waals surface area contributed by atoms with E-state index in [0.29, 0.717) is 5.69 Å². The van der Waals surface area contributed by atoms with E-state index in [-0.39, 0.29) is 28.1 Å². The summed E-state index contributed by atoms with van der Waals surface area (Å²) in [6.07, 6.45) is 6.09. The van der Waals surface area contributed by atoms with Gasteiger partial charge in [-0.2, -0.15) is 0 Å². The van der Waals surface area contributed by atoms with Gasteiger partial charge in [-0.3, -0.25) is 9.59 Å². The molecule has 0 saturated heterocycles. The molecule has 0 saturated carbocycles. The molecule has 0 radical (unpaired) electrons. The third kappa shape index (κ3) is 3.51. The van der Waals surface area contributed by atoms with E-state index in [1.54, 1.807) is 42.5 Å². The molecule has 0 bridgehead atoms. The van der Waals surface area contributed by atoms with Crippen molar-refractivity contribution < 1.29 is 28.7 Å². The molecule has 2 amide bonds. The molecule has 166 valence electrons. The van der Waals surface area contributed by atoms with E-state index in [1.165, 1.54) is 31.4 Å². The summed E-state index contributed by atoms with van der Waals surface area (Å²) in [5.74, 6) is -2.57. The molecular formula is C25H20N2O6. The van der Waals surface area contributed by atoms with E-state index in [2.05, 4.69) is 0 Å². The molecule has 2 aromatic rings. The maximum absolute atomic E-state index is 13.5. The number of rotatable bonds is 4. The fraction of sp³-hybridized carbons (Fsp3) is 0.120. The lowest BCUT2D eigenvalue weighted by molar-refractivity contribution is -0.139. The van der Waals surface area contributed by atoms with Crippen LogP contribution in [0.5, 0.6) is 0 Å². The number of nitrogens with zero attached hydrogens (tertiary/aromatic N) is 2. The van der Waals surface area contributed by atoms with Crippen molar-refractivity contribution in [1.29, 1.82) is 0 Å². The van der Waals surface area contributed by atoms with E-state index in [4.69, 9.17) is 9.47 Å². The normalized spacial score (nSPS) is 15.0. The lowest BCUT2D eigenvalue weighted by atomic mass is 10.1. The minimum absolute atomic E-state index is 0.0560. The molecule has 0 fully saturated rings. The van der Waals surface area contributed by atoms with Crippen molar-refractivity contribution in [3.05, 3.63) is 94.9 Å². The Morgan fingerprint density at radius 2 is 1.52 bits per heavy atom. The van der Waals surface area contributed by atoms with Crippen LogP contribution in [0.2, 0.25) is 0 Å². The summed E-state index contributed by atoms with van der Waals surface area (Å²) in [6.45, 7) is 1.81. The van der Waals surface area contributed by atoms with Crippen molar-refractivity contribution in [2.24, 2.45) is 0 Å². The smallest absolute Gasteiger partial charge is 0.355 e. The lowest BCUT2D eigenvalue weighted by Gasteiger charge is -2.24. The summed E-state index contributed by atoms with van der Waals surface area (Å²) >= 11 is 0. The number of carbonyl (C=O) groups is 4. The molecule has 2 aromatic carbocycles. The van der Waals surface area contributed by atoms with Crippen LogP contribution >= 0.6 is 0 Å². The van der Waals surface area contributed by atoms with Gasteiger partial charge in [0.05, 0.1) is 42.3 Å². The van der Waals surface area contributed by atoms with Gasteiger partial charge in [0.15, 0.2) is 0 Å². The predicted octanol–water partition coefficient (Wildman–Crippen LogP) is 3.29. The second kappa shape index (κ2) is 8.58. The number of hydrogen-bond acceptors (Lipinski definition) is 7. The zero-order chi connectivity index (χ0) is 23.7. The van der Waals surface area contributed by atoms with Crippen LogP contribution in [-0.2, 0) is 19.1 Å². The molecule has 0 N–H and O–H groups in total. The standard InChI is InChI=1S/C25H20N2O6/c1-15-9-4-5-12-18(15)27-22(28)16-11-8-13-19(20(16)23(27)29)26-14-7-6-10-17(24(30)32-2)21(26)25(31)33-3/h4-14H,1-3H3. The topological polar surface area (TPSA) is 93.2 Å². The fourth-order valence-corrected chi connectivity index (χ4v) is 3.85. The van der Waals surface area contributed by atoms with Gasteiger partial charge < -0.3 is 14.4 Å². The number of fused-ring (bicyclic) bond motifs is 1. The van der Waals surface area contributed by atoms with Crippen molar-refractivity contribution in [1.82, 2.24) is 0 Å². The highest BCUT2D eigenvalue weighted by atomic mass is 16.5. The van der Waals surface area contributed by atoms with Gasteiger partial charge in [0.1, 0.15) is 5.70 Å². The lowest BCUT2D eigenvalue weighted by Crippen LogP contribution is -2.31. The first-order valence-corrected chi connectivity index (χ1v) is 10.0. The zero-order valence-electron chi connectivity index (χ0n) is 18.2. The van der Waals surface area contributed by atoms with Crippen LogP contribution in [0.15, 0.2) is 78.2 Å². The monoisotopic (exact) mass is 444 g/mol. The first kappa shape index (κ1) is 21.8. The molecule has 0 atom stereocenters. The van der Waals surface area contributed by atoms with Crippen LogP contribution in [-0.4, -0.2) is 38.0 Å². The molecule has 0 unspecified atom stereocenters. The van der Waals surface area contributed by atoms with E-state index >= 15 is 0 Å². The number of anilines is 2. The van der Waals surface area contributed by atoms with Gasteiger partial charge in [-0.05, 0) is 42.8 Å². The molecule has 2 heterocycles. The van der Waals surface area contributed by atoms with E-state index in [0.717, 1.165) is 10.5 Å². The van der Waals surface area contributed by atoms with Gasteiger partial charge in [-0.1, -0.05) is 30.3 Å². The number of methoxy groups -OCH3 is 2. The number of carbonyl (C=O) groups excluding carboxylic acids is 4. The Bertz CT molecular complexity index is 1290. The summed E-state index contributed by atoms with van der Waals surface area (Å²) in [7, 11) is 2.38. The second-order valence-corrected chi connectivity index (χ2v) is 7.25. The van der Waals surface area contributed by atoms with Gasteiger partial charge in [0, 0.05) is 6.20 Å². The Morgan fingerprint density at radius 3 is 2.21 bits per heavy atom. The summed E-state index contributed by atoms with van der Waals surface area (Å²) < 4.78 is 9.75. The van der Waals surface area contributed by atoms with Crippen LogP contribution in [0.3, 0.4) is 0 Å². The number of amides is 2. The Kier molecular flexibility index (Phi) is 5.66. The van der Waals surface area contributed by atoms with E-state index in [1.807, 2.05) is 19.1 Å². The second-order valence-electron chi connectivity index (χ2n) is 7.25. The molecule has 4 rings (SSSR count). The maximum Gasteiger partial charge on any atom is 0.355 e. The average molecular weight is 444 g/mol. The van der Waals surface area contributed by atoms with Gasteiger partial charge in [0.25, 0.3) is 11.8 Å². The number of allylic oxidation sites excluding steroid dienone is 2. The van der Waals surface area contributed by atoms with E-state index < -0.39 is 23.8 Å². The van der Waals surface area contributed by atoms with Crippen molar-refractivity contribution in [2.75, 3.05) is 24.0 Å². The number of esters is 2. The van der Waals surface area contributed by atoms with Gasteiger partial charge in [0.2, 0.25) is 0 Å². The van der Waals surface area contributed by atoms with Gasteiger partial charge in [-0.25, -0.2) is 14.5 Å². The van der Waals surface area contributed by atoms with Crippen LogP contribution in [0.25, 0.3) is 0 Å². The SMILES string of the molecule is COC(=O)C1=C(C(=O)OC)N(c2cccc3c2C(=O)N(c2ccccc2C)C3=O)C=CC=C1. The van der Waals surface area contributed by atoms with Crippen LogP contribution in [0.4, 0.5) is 11.4 Å². The Balaban J connectivity index is 1.92. The third-order valence-electron chi connectivity index (χ3n) is 5.40. The number of imide groups is 1. The largest absolute Gasteiger partial charge is 0.465 e. The maximum atomic E-state index is 13.5. The molecular weight excluding hydrogens is 424 g/mol. The minimum Gasteiger partial charge on any atom is -0.465 e. The first-order chi connectivity index (χ1) is 15.9. The molecule has 8 nitrogen and oxygen atoms in total. The third-order valence-corrected chi connectivity index (χ3v) is 5.40. The van der Waals surface area contributed by atoms with Crippen molar-refractivity contribution in [3.8, 4) is 0 Å². The molecule has 0 aliphatic carbocycles. The molecule has 2 aliphatic heterocycles. The molecule has 2 aliphatic rings. The van der Waals surface area contributed by atoms with E-state index in [9.17, 15) is 19.2 Å². The number of benzene rings is 2. The molecule has 8 heteroatoms. The molecule has 0 aromatic heterocycles. The highest BCUT2D eigenvalue weighted by Crippen LogP contribution is 2.38. The van der Waals surface area contributed by atoms with Gasteiger partial charge >= 0.3 is 11.9 Å². The molecule has 0 spiro atoms. The molecule has 33 heavy (non-hydrogen) atoms. The van der Waals surface area contributed by atoms with Crippen molar-refractivity contribution >= 4 is 35.1 Å². The summed E-state index contributed by atoms with van der Waals surface area (Å²) in [6, 6.07) is 11.8. The average Bonchev–Trinajstić information content (AvgIpc) is 2.97. The summed E-state index contributed by atoms with van der Waals surface area (Å²) in [4.78, 5) is 54.4. The Labute approximate surface area is 190 Å². The first-order valence-electron chi connectivity index (χ1n) is 10.0. The Morgan fingerprint density at radius 1 is 0.818 bits per heavy atom. The number of hydrogen-bond donors (Lipinski definition) is 0. The van der Waals surface area contributed by atoms with Crippen molar-refractivity contribution in [3.63, 3.8) is 0 Å². The summed E-state index contributed by atoms with van der Waals surface area (Å²) in [5.41, 5.74) is 1.59. The van der Waals surface area contributed by atoms with Gasteiger partial charge in [-0.15, -0.1) is 0 Å². The highest BCUT2D eigenvalue weighted by molar-refractivity contribution is 6.36. The Hall–Kier alpha value is -4.46. The number of para-hydroxylation sites is 1.